The normalized spacial score (nSPS) is 20.8. The lowest BCUT2D eigenvalue weighted by molar-refractivity contribution is 0.203. The van der Waals surface area contributed by atoms with Crippen LogP contribution in [0.3, 0.4) is 0 Å². The fourth-order valence-electron chi connectivity index (χ4n) is 3.11. The van der Waals surface area contributed by atoms with Gasteiger partial charge in [0, 0.05) is 12.6 Å². The third-order valence-electron chi connectivity index (χ3n) is 4.31. The molecular weight excluding hydrogens is 244 g/mol. The quantitative estimate of drug-likeness (QED) is 0.766. The van der Waals surface area contributed by atoms with E-state index in [1.54, 1.807) is 0 Å². The number of benzene rings is 1. The Morgan fingerprint density at radius 1 is 1.15 bits per heavy atom. The Morgan fingerprint density at radius 2 is 2.00 bits per heavy atom. The van der Waals surface area contributed by atoms with E-state index in [1.165, 1.54) is 63.7 Å². The van der Waals surface area contributed by atoms with Crippen LogP contribution in [0.25, 0.3) is 0 Å². The highest BCUT2D eigenvalue weighted by molar-refractivity contribution is 5.16. The van der Waals surface area contributed by atoms with Crippen molar-refractivity contribution in [1.82, 2.24) is 10.2 Å². The molecule has 2 nitrogen and oxygen atoms in total. The molecule has 1 unspecified atom stereocenters. The number of rotatable bonds is 7. The van der Waals surface area contributed by atoms with Gasteiger partial charge < -0.3 is 5.32 Å². The summed E-state index contributed by atoms with van der Waals surface area (Å²) in [6.07, 6.45) is 7.93. The van der Waals surface area contributed by atoms with Gasteiger partial charge in [0.2, 0.25) is 0 Å². The highest BCUT2D eigenvalue weighted by Crippen LogP contribution is 2.13. The van der Waals surface area contributed by atoms with Gasteiger partial charge in [-0.2, -0.15) is 0 Å². The summed E-state index contributed by atoms with van der Waals surface area (Å²) in [5.41, 5.74) is 1.47. The Morgan fingerprint density at radius 3 is 2.80 bits per heavy atom. The molecule has 0 saturated carbocycles. The number of nitrogens with one attached hydrogen (secondary N) is 1. The molecular formula is C18H30N2. The maximum Gasteiger partial charge on any atom is 0.0260 e. The summed E-state index contributed by atoms with van der Waals surface area (Å²) in [7, 11) is 0. The third kappa shape index (κ3) is 5.26. The van der Waals surface area contributed by atoms with Crippen molar-refractivity contribution in [3.63, 3.8) is 0 Å². The van der Waals surface area contributed by atoms with E-state index in [0.29, 0.717) is 6.04 Å². The summed E-state index contributed by atoms with van der Waals surface area (Å²) in [6, 6.07) is 11.6. The maximum absolute atomic E-state index is 3.61. The minimum absolute atomic E-state index is 0.668. The van der Waals surface area contributed by atoms with E-state index in [0.717, 1.165) is 6.54 Å². The van der Waals surface area contributed by atoms with Crippen LogP contribution in [0, 0.1) is 0 Å². The molecule has 1 aromatic carbocycles. The van der Waals surface area contributed by atoms with E-state index in [-0.39, 0.29) is 0 Å². The summed E-state index contributed by atoms with van der Waals surface area (Å²) in [5.74, 6) is 0. The van der Waals surface area contributed by atoms with Gasteiger partial charge >= 0.3 is 0 Å². The molecule has 1 aromatic rings. The smallest absolute Gasteiger partial charge is 0.0260 e. The second-order valence-corrected chi connectivity index (χ2v) is 6.00. The molecule has 1 heterocycles. The highest BCUT2D eigenvalue weighted by atomic mass is 15.2. The number of hydrogen-bond donors (Lipinski definition) is 1. The summed E-state index contributed by atoms with van der Waals surface area (Å²) < 4.78 is 0. The van der Waals surface area contributed by atoms with Gasteiger partial charge in [0.1, 0.15) is 0 Å². The van der Waals surface area contributed by atoms with E-state index in [9.17, 15) is 0 Å². The van der Waals surface area contributed by atoms with Gasteiger partial charge in [-0.25, -0.2) is 0 Å². The summed E-state index contributed by atoms with van der Waals surface area (Å²) in [5, 5.41) is 3.61. The zero-order valence-corrected chi connectivity index (χ0v) is 13.0. The molecule has 2 rings (SSSR count). The van der Waals surface area contributed by atoms with E-state index in [2.05, 4.69) is 47.5 Å². The minimum atomic E-state index is 0.668. The van der Waals surface area contributed by atoms with Crippen LogP contribution < -0.4 is 5.32 Å². The Balaban J connectivity index is 1.87. The monoisotopic (exact) mass is 274 g/mol. The second-order valence-electron chi connectivity index (χ2n) is 6.00. The van der Waals surface area contributed by atoms with Gasteiger partial charge in [-0.15, -0.1) is 0 Å². The average Bonchev–Trinajstić information content (AvgIpc) is 2.70. The number of unbranched alkanes of at least 4 members (excludes halogenated alkanes) is 3. The topological polar surface area (TPSA) is 15.3 Å². The Hall–Kier alpha value is -0.860. The first-order valence-electron chi connectivity index (χ1n) is 8.39. The van der Waals surface area contributed by atoms with Gasteiger partial charge in [-0.3, -0.25) is 4.90 Å². The zero-order chi connectivity index (χ0) is 14.0. The van der Waals surface area contributed by atoms with Crippen LogP contribution in [0.4, 0.5) is 0 Å². The van der Waals surface area contributed by atoms with Gasteiger partial charge in [0.15, 0.2) is 0 Å². The predicted octanol–water partition coefficient (Wildman–Crippen LogP) is 3.47. The standard InChI is InChI=1S/C18H30N2/c1-2-3-4-8-13-20-14-9-12-19-16-18(20)15-17-10-6-5-7-11-17/h5-7,10-11,18-19H,2-4,8-9,12-16H2,1H3. The Kier molecular flexibility index (Phi) is 7.10. The first-order chi connectivity index (χ1) is 9.90. The molecule has 1 aliphatic rings. The predicted molar refractivity (Wildman–Crippen MR) is 87.1 cm³/mol. The van der Waals surface area contributed by atoms with Gasteiger partial charge in [-0.1, -0.05) is 56.5 Å². The molecule has 1 atom stereocenters. The van der Waals surface area contributed by atoms with Crippen molar-refractivity contribution in [2.24, 2.45) is 0 Å². The largest absolute Gasteiger partial charge is 0.315 e. The third-order valence-corrected chi connectivity index (χ3v) is 4.31. The lowest BCUT2D eigenvalue weighted by Crippen LogP contribution is -2.41. The average molecular weight is 274 g/mol. The van der Waals surface area contributed by atoms with E-state index in [1.807, 2.05) is 0 Å². The van der Waals surface area contributed by atoms with Crippen LogP contribution in [-0.2, 0) is 6.42 Å². The summed E-state index contributed by atoms with van der Waals surface area (Å²) >= 11 is 0. The molecule has 0 bridgehead atoms. The van der Waals surface area contributed by atoms with Crippen molar-refractivity contribution in [2.45, 2.75) is 51.5 Å². The molecule has 112 valence electrons. The van der Waals surface area contributed by atoms with Crippen molar-refractivity contribution in [3.8, 4) is 0 Å². The fraction of sp³-hybridized carbons (Fsp3) is 0.667. The number of hydrogen-bond acceptors (Lipinski definition) is 2. The van der Waals surface area contributed by atoms with Crippen molar-refractivity contribution < 1.29 is 0 Å². The number of nitrogens with zero attached hydrogens (tertiary/aromatic N) is 1. The molecule has 1 N–H and O–H groups in total. The van der Waals surface area contributed by atoms with Crippen molar-refractivity contribution >= 4 is 0 Å². The van der Waals surface area contributed by atoms with E-state index in [4.69, 9.17) is 0 Å². The van der Waals surface area contributed by atoms with Crippen LogP contribution in [0.5, 0.6) is 0 Å². The van der Waals surface area contributed by atoms with Crippen LogP contribution in [0.2, 0.25) is 0 Å². The lowest BCUT2D eigenvalue weighted by Gasteiger charge is -2.30. The summed E-state index contributed by atoms with van der Waals surface area (Å²) in [6.45, 7) is 7.14. The Bertz CT molecular complexity index is 350. The molecule has 0 amide bonds. The second kappa shape index (κ2) is 9.15. The fourth-order valence-corrected chi connectivity index (χ4v) is 3.11. The van der Waals surface area contributed by atoms with Gasteiger partial charge in [-0.05, 0) is 44.5 Å². The molecule has 1 aliphatic heterocycles. The first-order valence-corrected chi connectivity index (χ1v) is 8.39. The first kappa shape index (κ1) is 15.5. The van der Waals surface area contributed by atoms with Crippen molar-refractivity contribution in [2.75, 3.05) is 26.2 Å². The SMILES string of the molecule is CCCCCCN1CCCNCC1Cc1ccccc1. The molecule has 0 spiro atoms. The molecule has 20 heavy (non-hydrogen) atoms. The molecule has 1 fully saturated rings. The van der Waals surface area contributed by atoms with Crippen LogP contribution in [0.15, 0.2) is 30.3 Å². The van der Waals surface area contributed by atoms with Crippen molar-refractivity contribution in [1.29, 1.82) is 0 Å². The Labute approximate surface area is 124 Å². The summed E-state index contributed by atoms with van der Waals surface area (Å²) in [4.78, 5) is 2.72. The van der Waals surface area contributed by atoms with E-state index >= 15 is 0 Å². The minimum Gasteiger partial charge on any atom is -0.315 e. The molecule has 2 heteroatoms. The van der Waals surface area contributed by atoms with Crippen LogP contribution >= 0.6 is 0 Å². The maximum atomic E-state index is 3.61. The van der Waals surface area contributed by atoms with Crippen molar-refractivity contribution in [3.05, 3.63) is 35.9 Å². The van der Waals surface area contributed by atoms with Gasteiger partial charge in [0.25, 0.3) is 0 Å². The van der Waals surface area contributed by atoms with Gasteiger partial charge in [0.05, 0.1) is 0 Å². The molecule has 0 aromatic heterocycles. The zero-order valence-electron chi connectivity index (χ0n) is 13.0. The van der Waals surface area contributed by atoms with Crippen LogP contribution in [0.1, 0.15) is 44.6 Å². The highest BCUT2D eigenvalue weighted by Gasteiger charge is 2.20. The lowest BCUT2D eigenvalue weighted by atomic mass is 10.0. The molecule has 0 aliphatic carbocycles. The van der Waals surface area contributed by atoms with Crippen LogP contribution in [-0.4, -0.2) is 37.1 Å². The molecule has 1 saturated heterocycles. The molecule has 0 radical (unpaired) electrons. The van der Waals surface area contributed by atoms with E-state index < -0.39 is 0 Å².